The van der Waals surface area contributed by atoms with Gasteiger partial charge in [-0.1, -0.05) is 34.1 Å². The Morgan fingerprint density at radius 1 is 1.16 bits per heavy atom. The molecule has 0 unspecified atom stereocenters. The average Bonchev–Trinajstić information content (AvgIpc) is 2.86. The Hall–Kier alpha value is -2.05. The van der Waals surface area contributed by atoms with Crippen molar-refractivity contribution < 1.29 is 14.3 Å². The maximum Gasteiger partial charge on any atom is 0.293 e. The van der Waals surface area contributed by atoms with E-state index >= 15 is 0 Å². The molecule has 1 saturated heterocycles. The van der Waals surface area contributed by atoms with Crippen molar-refractivity contribution in [1.82, 2.24) is 4.90 Å². The van der Waals surface area contributed by atoms with Crippen molar-refractivity contribution in [2.24, 2.45) is 0 Å². The van der Waals surface area contributed by atoms with Gasteiger partial charge in [0.15, 0.2) is 0 Å². The van der Waals surface area contributed by atoms with Crippen LogP contribution in [0, 0.1) is 6.92 Å². The molecule has 1 heterocycles. The van der Waals surface area contributed by atoms with Gasteiger partial charge in [0.1, 0.15) is 5.75 Å². The number of amides is 2. The Morgan fingerprint density at radius 3 is 2.52 bits per heavy atom. The van der Waals surface area contributed by atoms with Crippen molar-refractivity contribution >= 4 is 44.9 Å². The van der Waals surface area contributed by atoms with E-state index in [2.05, 4.69) is 15.9 Å². The molecule has 0 radical (unpaired) electrons. The highest BCUT2D eigenvalue weighted by Crippen LogP contribution is 2.34. The van der Waals surface area contributed by atoms with Gasteiger partial charge in [-0.3, -0.25) is 14.5 Å². The van der Waals surface area contributed by atoms with Crippen LogP contribution >= 0.6 is 27.7 Å². The average molecular weight is 418 g/mol. The Bertz CT molecular complexity index is 861. The molecule has 25 heavy (non-hydrogen) atoms. The first kappa shape index (κ1) is 17.8. The summed E-state index contributed by atoms with van der Waals surface area (Å²) in [4.78, 5) is 26.6. The Balaban J connectivity index is 1.82. The fourth-order valence-electron chi connectivity index (χ4n) is 2.49. The van der Waals surface area contributed by atoms with Crippen LogP contribution < -0.4 is 4.74 Å². The normalized spacial score (nSPS) is 16.0. The maximum atomic E-state index is 12.6. The summed E-state index contributed by atoms with van der Waals surface area (Å²) in [5, 5.41) is -0.245. The van der Waals surface area contributed by atoms with Gasteiger partial charge in [0, 0.05) is 4.47 Å². The summed E-state index contributed by atoms with van der Waals surface area (Å²) in [6.45, 7) is 2.22. The molecule has 2 aromatic carbocycles. The van der Waals surface area contributed by atoms with Gasteiger partial charge in [0.2, 0.25) is 0 Å². The van der Waals surface area contributed by atoms with E-state index in [0.717, 1.165) is 38.7 Å². The van der Waals surface area contributed by atoms with E-state index in [1.807, 2.05) is 49.4 Å². The lowest BCUT2D eigenvalue weighted by molar-refractivity contribution is -0.123. The summed E-state index contributed by atoms with van der Waals surface area (Å²) < 4.78 is 6.15. The predicted molar refractivity (Wildman–Crippen MR) is 103 cm³/mol. The number of benzene rings is 2. The molecule has 0 aromatic heterocycles. The van der Waals surface area contributed by atoms with Gasteiger partial charge in [0.05, 0.1) is 18.6 Å². The van der Waals surface area contributed by atoms with Gasteiger partial charge in [0.25, 0.3) is 11.1 Å². The van der Waals surface area contributed by atoms with Crippen LogP contribution in [0.1, 0.15) is 16.7 Å². The molecule has 2 amide bonds. The quantitative estimate of drug-likeness (QED) is 0.656. The highest BCUT2D eigenvalue weighted by molar-refractivity contribution is 9.10. The van der Waals surface area contributed by atoms with Gasteiger partial charge in [-0.2, -0.15) is 0 Å². The molecule has 4 nitrogen and oxygen atoms in total. The minimum atomic E-state index is -0.256. The Labute approximate surface area is 159 Å². The second-order valence-corrected chi connectivity index (χ2v) is 7.53. The van der Waals surface area contributed by atoms with Gasteiger partial charge in [-0.25, -0.2) is 0 Å². The number of methoxy groups -OCH3 is 1. The Morgan fingerprint density at radius 2 is 1.88 bits per heavy atom. The largest absolute Gasteiger partial charge is 0.497 e. The number of carbonyl (C=O) groups is 2. The third kappa shape index (κ3) is 3.96. The lowest BCUT2D eigenvalue weighted by Crippen LogP contribution is -2.27. The number of halogens is 1. The molecule has 3 rings (SSSR count). The first-order valence-electron chi connectivity index (χ1n) is 7.62. The monoisotopic (exact) mass is 417 g/mol. The third-order valence-electron chi connectivity index (χ3n) is 3.89. The van der Waals surface area contributed by atoms with Crippen LogP contribution in [0.4, 0.5) is 4.79 Å². The number of rotatable bonds is 4. The number of hydrogen-bond donors (Lipinski definition) is 0. The van der Waals surface area contributed by atoms with Crippen molar-refractivity contribution in [1.29, 1.82) is 0 Å². The summed E-state index contributed by atoms with van der Waals surface area (Å²) in [5.74, 6) is 0.506. The van der Waals surface area contributed by atoms with Crippen molar-refractivity contribution in [3.8, 4) is 5.75 Å². The molecule has 128 valence electrons. The predicted octanol–water partition coefficient (Wildman–Crippen LogP) is 5.00. The van der Waals surface area contributed by atoms with Gasteiger partial charge in [-0.05, 0) is 65.7 Å². The standard InChI is InChI=1S/C19H16BrNO3S/c1-12-9-16(24-2)8-5-14(12)10-17-18(22)21(19(23)25-17)11-13-3-6-15(20)7-4-13/h3-10H,11H2,1-2H3/b17-10-. The second-order valence-electron chi connectivity index (χ2n) is 5.62. The highest BCUT2D eigenvalue weighted by Gasteiger charge is 2.35. The number of imide groups is 1. The number of nitrogens with zero attached hydrogens (tertiary/aromatic N) is 1. The van der Waals surface area contributed by atoms with Crippen molar-refractivity contribution in [3.63, 3.8) is 0 Å². The van der Waals surface area contributed by atoms with E-state index in [-0.39, 0.29) is 17.7 Å². The number of hydrogen-bond acceptors (Lipinski definition) is 4. The number of aryl methyl sites for hydroxylation is 1. The molecule has 0 aliphatic carbocycles. The fourth-order valence-corrected chi connectivity index (χ4v) is 3.58. The summed E-state index contributed by atoms with van der Waals surface area (Å²) in [5.41, 5.74) is 2.79. The second kappa shape index (κ2) is 7.45. The van der Waals surface area contributed by atoms with Crippen molar-refractivity contribution in [2.45, 2.75) is 13.5 Å². The topological polar surface area (TPSA) is 46.6 Å². The fraction of sp³-hybridized carbons (Fsp3) is 0.158. The smallest absolute Gasteiger partial charge is 0.293 e. The molecule has 1 fully saturated rings. The zero-order valence-electron chi connectivity index (χ0n) is 13.8. The van der Waals surface area contributed by atoms with E-state index in [0.29, 0.717) is 4.91 Å². The van der Waals surface area contributed by atoms with Crippen molar-refractivity contribution in [2.75, 3.05) is 7.11 Å². The molecule has 0 bridgehead atoms. The van der Waals surface area contributed by atoms with Gasteiger partial charge in [-0.15, -0.1) is 0 Å². The molecular weight excluding hydrogens is 402 g/mol. The zero-order valence-corrected chi connectivity index (χ0v) is 16.2. The SMILES string of the molecule is COc1ccc(/C=C2\SC(=O)N(Cc3ccc(Br)cc3)C2=O)c(C)c1. The summed E-state index contributed by atoms with van der Waals surface area (Å²) in [6.07, 6.45) is 1.77. The van der Waals surface area contributed by atoms with Crippen LogP contribution in [0.15, 0.2) is 51.8 Å². The van der Waals surface area contributed by atoms with E-state index in [4.69, 9.17) is 4.74 Å². The van der Waals surface area contributed by atoms with E-state index in [1.54, 1.807) is 13.2 Å². The van der Waals surface area contributed by atoms with Crippen LogP contribution in [0.5, 0.6) is 5.75 Å². The maximum absolute atomic E-state index is 12.6. The highest BCUT2D eigenvalue weighted by atomic mass is 79.9. The zero-order chi connectivity index (χ0) is 18.0. The minimum absolute atomic E-state index is 0.245. The number of thioether (sulfide) groups is 1. The van der Waals surface area contributed by atoms with Crippen LogP contribution in [-0.4, -0.2) is 23.2 Å². The molecule has 0 saturated carbocycles. The van der Waals surface area contributed by atoms with Gasteiger partial charge >= 0.3 is 0 Å². The third-order valence-corrected chi connectivity index (χ3v) is 5.33. The van der Waals surface area contributed by atoms with E-state index in [1.165, 1.54) is 4.90 Å². The van der Waals surface area contributed by atoms with Crippen LogP contribution in [0.2, 0.25) is 0 Å². The summed E-state index contributed by atoms with van der Waals surface area (Å²) in [6, 6.07) is 13.2. The van der Waals surface area contributed by atoms with E-state index < -0.39 is 0 Å². The molecule has 0 N–H and O–H groups in total. The van der Waals surface area contributed by atoms with Crippen LogP contribution in [0.3, 0.4) is 0 Å². The lowest BCUT2D eigenvalue weighted by atomic mass is 10.1. The first-order chi connectivity index (χ1) is 12.0. The van der Waals surface area contributed by atoms with Crippen LogP contribution in [0.25, 0.3) is 6.08 Å². The molecule has 0 spiro atoms. The van der Waals surface area contributed by atoms with Crippen molar-refractivity contribution in [3.05, 3.63) is 68.5 Å². The van der Waals surface area contributed by atoms with E-state index in [9.17, 15) is 9.59 Å². The number of carbonyl (C=O) groups excluding carboxylic acids is 2. The minimum Gasteiger partial charge on any atom is -0.497 e. The first-order valence-corrected chi connectivity index (χ1v) is 9.23. The molecule has 0 atom stereocenters. The van der Waals surface area contributed by atoms with Crippen LogP contribution in [-0.2, 0) is 11.3 Å². The molecule has 1 aliphatic heterocycles. The molecule has 1 aliphatic rings. The summed E-state index contributed by atoms with van der Waals surface area (Å²) >= 11 is 4.35. The molecule has 6 heteroatoms. The molecular formula is C19H16BrNO3S. The lowest BCUT2D eigenvalue weighted by Gasteiger charge is -2.12. The molecule has 2 aromatic rings. The number of ether oxygens (including phenoxy) is 1. The van der Waals surface area contributed by atoms with Gasteiger partial charge < -0.3 is 4.74 Å². The Kier molecular flexibility index (Phi) is 5.30. The summed E-state index contributed by atoms with van der Waals surface area (Å²) in [7, 11) is 1.61.